The van der Waals surface area contributed by atoms with Crippen molar-refractivity contribution in [3.8, 4) is 0 Å². The standard InChI is InChI=1S/C14H15BrOS/c1-9(11-6-4-3-5-7-11)14(16)13-8-12(15)10(2)17-13/h3-9,14,16H,1-2H3. The molecule has 2 rings (SSSR count). The van der Waals surface area contributed by atoms with Crippen molar-refractivity contribution < 1.29 is 5.11 Å². The summed E-state index contributed by atoms with van der Waals surface area (Å²) in [5, 5.41) is 10.4. The molecule has 1 N–H and O–H groups in total. The van der Waals surface area contributed by atoms with Crippen LogP contribution >= 0.6 is 27.3 Å². The maximum Gasteiger partial charge on any atom is 0.0948 e. The highest BCUT2D eigenvalue weighted by atomic mass is 79.9. The molecule has 0 saturated carbocycles. The maximum absolute atomic E-state index is 10.4. The third-order valence-electron chi connectivity index (χ3n) is 2.97. The molecule has 1 nitrogen and oxygen atoms in total. The van der Waals surface area contributed by atoms with E-state index in [1.54, 1.807) is 11.3 Å². The number of benzene rings is 1. The van der Waals surface area contributed by atoms with E-state index >= 15 is 0 Å². The van der Waals surface area contributed by atoms with Gasteiger partial charge in [0.05, 0.1) is 6.10 Å². The molecule has 0 radical (unpaired) electrons. The molecule has 0 saturated heterocycles. The van der Waals surface area contributed by atoms with Gasteiger partial charge < -0.3 is 5.11 Å². The first-order chi connectivity index (χ1) is 8.09. The Morgan fingerprint density at radius 1 is 1.24 bits per heavy atom. The van der Waals surface area contributed by atoms with E-state index < -0.39 is 6.10 Å². The molecule has 2 aromatic rings. The molecular weight excluding hydrogens is 296 g/mol. The fourth-order valence-corrected chi connectivity index (χ4v) is 3.47. The summed E-state index contributed by atoms with van der Waals surface area (Å²) < 4.78 is 1.08. The summed E-state index contributed by atoms with van der Waals surface area (Å²) in [7, 11) is 0. The molecule has 3 heteroatoms. The van der Waals surface area contributed by atoms with Crippen molar-refractivity contribution >= 4 is 27.3 Å². The molecule has 0 aliphatic carbocycles. The minimum absolute atomic E-state index is 0.112. The van der Waals surface area contributed by atoms with Crippen LogP contribution in [-0.4, -0.2) is 5.11 Å². The summed E-state index contributed by atoms with van der Waals surface area (Å²) in [5.74, 6) is 0.112. The van der Waals surface area contributed by atoms with Gasteiger partial charge in [-0.1, -0.05) is 37.3 Å². The highest BCUT2D eigenvalue weighted by Crippen LogP contribution is 2.37. The van der Waals surface area contributed by atoms with Crippen LogP contribution in [0, 0.1) is 6.92 Å². The number of aliphatic hydroxyl groups is 1. The highest BCUT2D eigenvalue weighted by molar-refractivity contribution is 9.10. The number of halogens is 1. The van der Waals surface area contributed by atoms with Crippen molar-refractivity contribution in [1.82, 2.24) is 0 Å². The smallest absolute Gasteiger partial charge is 0.0948 e. The fraction of sp³-hybridized carbons (Fsp3) is 0.286. The Hall–Kier alpha value is -0.640. The first-order valence-electron chi connectivity index (χ1n) is 5.58. The first kappa shape index (κ1) is 12.8. The second kappa shape index (κ2) is 5.34. The molecule has 2 atom stereocenters. The van der Waals surface area contributed by atoms with Crippen LogP contribution in [0.1, 0.15) is 34.3 Å². The van der Waals surface area contributed by atoms with Crippen LogP contribution < -0.4 is 0 Å². The lowest BCUT2D eigenvalue weighted by atomic mass is 9.94. The predicted molar refractivity (Wildman–Crippen MR) is 76.6 cm³/mol. The van der Waals surface area contributed by atoms with E-state index in [0.29, 0.717) is 0 Å². The van der Waals surface area contributed by atoms with Crippen LogP contribution in [0.5, 0.6) is 0 Å². The molecule has 1 heterocycles. The van der Waals surface area contributed by atoms with E-state index in [1.165, 1.54) is 10.4 Å². The van der Waals surface area contributed by atoms with E-state index in [1.807, 2.05) is 24.3 Å². The molecule has 1 aromatic heterocycles. The van der Waals surface area contributed by atoms with Gasteiger partial charge in [-0.25, -0.2) is 0 Å². The molecule has 0 fully saturated rings. The Balaban J connectivity index is 2.23. The monoisotopic (exact) mass is 310 g/mol. The molecule has 0 spiro atoms. The van der Waals surface area contributed by atoms with Gasteiger partial charge in [-0.2, -0.15) is 0 Å². The molecule has 0 aliphatic rings. The van der Waals surface area contributed by atoms with E-state index in [9.17, 15) is 5.11 Å². The van der Waals surface area contributed by atoms with Gasteiger partial charge in [0.25, 0.3) is 0 Å². The lowest BCUT2D eigenvalue weighted by Gasteiger charge is -2.17. The fourth-order valence-electron chi connectivity index (χ4n) is 1.81. The second-order valence-electron chi connectivity index (χ2n) is 4.20. The molecule has 0 amide bonds. The topological polar surface area (TPSA) is 20.2 Å². The first-order valence-corrected chi connectivity index (χ1v) is 7.19. The summed E-state index contributed by atoms with van der Waals surface area (Å²) in [6.07, 6.45) is -0.438. The quantitative estimate of drug-likeness (QED) is 0.874. The van der Waals surface area contributed by atoms with Crippen molar-refractivity contribution in [3.05, 3.63) is 56.2 Å². The van der Waals surface area contributed by atoms with Gasteiger partial charge in [0.1, 0.15) is 0 Å². The zero-order chi connectivity index (χ0) is 12.4. The van der Waals surface area contributed by atoms with E-state index in [-0.39, 0.29) is 5.92 Å². The van der Waals surface area contributed by atoms with Gasteiger partial charge in [-0.05, 0) is 34.5 Å². The summed E-state index contributed by atoms with van der Waals surface area (Å²) in [6, 6.07) is 12.1. The largest absolute Gasteiger partial charge is 0.387 e. The number of aliphatic hydroxyl groups excluding tert-OH is 1. The molecule has 0 bridgehead atoms. The van der Waals surface area contributed by atoms with Crippen LogP contribution in [0.15, 0.2) is 40.9 Å². The average molecular weight is 311 g/mol. The van der Waals surface area contributed by atoms with E-state index in [4.69, 9.17) is 0 Å². The number of thiophene rings is 1. The maximum atomic E-state index is 10.4. The molecular formula is C14H15BrOS. The zero-order valence-electron chi connectivity index (χ0n) is 9.85. The SMILES string of the molecule is Cc1sc(C(O)C(C)c2ccccc2)cc1Br. The summed E-state index contributed by atoms with van der Waals surface area (Å²) in [4.78, 5) is 2.23. The van der Waals surface area contributed by atoms with Gasteiger partial charge in [0, 0.05) is 20.1 Å². The lowest BCUT2D eigenvalue weighted by molar-refractivity contribution is 0.155. The Kier molecular flexibility index (Phi) is 4.02. The van der Waals surface area contributed by atoms with Gasteiger partial charge in [-0.15, -0.1) is 11.3 Å². The lowest BCUT2D eigenvalue weighted by Crippen LogP contribution is -2.05. The number of aryl methyl sites for hydroxylation is 1. The Morgan fingerprint density at radius 3 is 2.41 bits per heavy atom. The van der Waals surface area contributed by atoms with Crippen molar-refractivity contribution in [2.75, 3.05) is 0 Å². The zero-order valence-corrected chi connectivity index (χ0v) is 12.3. The Labute approximate surface area is 114 Å². The summed E-state index contributed by atoms with van der Waals surface area (Å²) in [6.45, 7) is 4.11. The van der Waals surface area contributed by atoms with Crippen molar-refractivity contribution in [3.63, 3.8) is 0 Å². The Morgan fingerprint density at radius 2 is 1.88 bits per heavy atom. The van der Waals surface area contributed by atoms with E-state index in [0.717, 1.165) is 9.35 Å². The van der Waals surface area contributed by atoms with Crippen LogP contribution in [0.3, 0.4) is 0 Å². The third-order valence-corrected chi connectivity index (χ3v) is 5.17. The van der Waals surface area contributed by atoms with Crippen LogP contribution in [0.2, 0.25) is 0 Å². The minimum Gasteiger partial charge on any atom is -0.387 e. The number of hydrogen-bond acceptors (Lipinski definition) is 2. The molecule has 2 unspecified atom stereocenters. The minimum atomic E-state index is -0.438. The van der Waals surface area contributed by atoms with Crippen LogP contribution in [0.4, 0.5) is 0 Å². The predicted octanol–water partition coefficient (Wildman–Crippen LogP) is 4.66. The molecule has 17 heavy (non-hydrogen) atoms. The second-order valence-corrected chi connectivity index (χ2v) is 6.34. The summed E-state index contributed by atoms with van der Waals surface area (Å²) >= 11 is 5.14. The normalized spacial score (nSPS) is 14.6. The number of hydrogen-bond donors (Lipinski definition) is 1. The number of rotatable bonds is 3. The van der Waals surface area contributed by atoms with Crippen molar-refractivity contribution in [2.24, 2.45) is 0 Å². The average Bonchev–Trinajstić information content (AvgIpc) is 2.69. The summed E-state index contributed by atoms with van der Waals surface area (Å²) in [5.41, 5.74) is 1.17. The molecule has 0 aliphatic heterocycles. The van der Waals surface area contributed by atoms with Crippen LogP contribution in [-0.2, 0) is 0 Å². The Bertz CT molecular complexity index is 473. The highest BCUT2D eigenvalue weighted by Gasteiger charge is 2.20. The van der Waals surface area contributed by atoms with Gasteiger partial charge >= 0.3 is 0 Å². The molecule has 90 valence electrons. The van der Waals surface area contributed by atoms with Crippen molar-refractivity contribution in [1.29, 1.82) is 0 Å². The van der Waals surface area contributed by atoms with Gasteiger partial charge in [0.2, 0.25) is 0 Å². The third kappa shape index (κ3) is 2.79. The van der Waals surface area contributed by atoms with Gasteiger partial charge in [0.15, 0.2) is 0 Å². The van der Waals surface area contributed by atoms with E-state index in [2.05, 4.69) is 41.9 Å². The van der Waals surface area contributed by atoms with Crippen molar-refractivity contribution in [2.45, 2.75) is 25.9 Å². The van der Waals surface area contributed by atoms with Gasteiger partial charge in [-0.3, -0.25) is 0 Å². The van der Waals surface area contributed by atoms with Crippen LogP contribution in [0.25, 0.3) is 0 Å². The molecule has 1 aromatic carbocycles.